The third-order valence-electron chi connectivity index (χ3n) is 3.52. The van der Waals surface area contributed by atoms with Crippen molar-refractivity contribution in [1.29, 1.82) is 0 Å². The summed E-state index contributed by atoms with van der Waals surface area (Å²) >= 11 is 0. The van der Waals surface area contributed by atoms with Crippen LogP contribution < -0.4 is 0 Å². The molecule has 5 atom stereocenters. The molecule has 112 valence electrons. The van der Waals surface area contributed by atoms with Crippen LogP contribution in [-0.2, 0) is 19.0 Å². The highest BCUT2D eigenvalue weighted by Crippen LogP contribution is 2.30. The monoisotopic (exact) mass is 292 g/mol. The number of carbonyl (C=O) groups excluding carboxylic acids is 1. The fraction of sp³-hybridized carbons (Fsp3) is 0.400. The molecule has 0 amide bonds. The van der Waals surface area contributed by atoms with Gasteiger partial charge in [0, 0.05) is 0 Å². The van der Waals surface area contributed by atoms with Gasteiger partial charge in [-0.2, -0.15) is 0 Å². The minimum absolute atomic E-state index is 0.319. The topological polar surface area (TPSA) is 85.2 Å². The molecule has 0 spiro atoms. The number of hydrogen-bond acceptors (Lipinski definition) is 6. The number of esters is 1. The summed E-state index contributed by atoms with van der Waals surface area (Å²) < 4.78 is 16.0. The number of benzene rings is 1. The Balaban J connectivity index is 1.73. The minimum Gasteiger partial charge on any atom is -0.455 e. The fourth-order valence-electron chi connectivity index (χ4n) is 2.45. The van der Waals surface area contributed by atoms with Crippen LogP contribution in [0, 0.1) is 0 Å². The van der Waals surface area contributed by atoms with Crippen molar-refractivity contribution < 1.29 is 29.2 Å². The van der Waals surface area contributed by atoms with E-state index in [2.05, 4.69) is 0 Å². The van der Waals surface area contributed by atoms with E-state index in [1.807, 2.05) is 36.4 Å². The zero-order chi connectivity index (χ0) is 14.8. The molecule has 2 heterocycles. The molecule has 2 N–H and O–H groups in total. The summed E-state index contributed by atoms with van der Waals surface area (Å²) in [6.07, 6.45) is -0.941. The van der Waals surface area contributed by atoms with Gasteiger partial charge >= 0.3 is 5.97 Å². The molecule has 2 saturated heterocycles. The van der Waals surface area contributed by atoms with Crippen molar-refractivity contribution >= 4 is 12.0 Å². The van der Waals surface area contributed by atoms with E-state index in [0.717, 1.165) is 5.56 Å². The van der Waals surface area contributed by atoms with Crippen LogP contribution in [0.15, 0.2) is 36.4 Å². The lowest BCUT2D eigenvalue weighted by molar-refractivity contribution is -0.264. The molecule has 0 radical (unpaired) electrons. The maximum absolute atomic E-state index is 11.4. The lowest BCUT2D eigenvalue weighted by atomic mass is 10.0. The summed E-state index contributed by atoms with van der Waals surface area (Å²) in [6, 6.07) is 9.56. The van der Waals surface area contributed by atoms with Crippen LogP contribution in [0.2, 0.25) is 0 Å². The van der Waals surface area contributed by atoms with Crippen molar-refractivity contribution in [2.45, 2.75) is 30.7 Å². The predicted molar refractivity (Wildman–Crippen MR) is 72.0 cm³/mol. The summed E-state index contributed by atoms with van der Waals surface area (Å²) in [6.45, 7) is -0.319. The highest BCUT2D eigenvalue weighted by atomic mass is 16.7. The molecule has 0 aromatic heterocycles. The smallest absolute Gasteiger partial charge is 0.338 e. The van der Waals surface area contributed by atoms with Crippen molar-refractivity contribution in [3.8, 4) is 0 Å². The third kappa shape index (κ3) is 2.84. The van der Waals surface area contributed by atoms with Gasteiger partial charge in [0.25, 0.3) is 0 Å². The van der Waals surface area contributed by atoms with Gasteiger partial charge in [-0.25, -0.2) is 4.79 Å². The maximum atomic E-state index is 11.4. The van der Waals surface area contributed by atoms with Crippen LogP contribution in [0.4, 0.5) is 0 Å². The molecule has 21 heavy (non-hydrogen) atoms. The number of hydrogen-bond donors (Lipinski definition) is 2. The lowest BCUT2D eigenvalue weighted by Crippen LogP contribution is -2.51. The number of aliphatic hydroxyl groups is 2. The Bertz CT molecular complexity index is 528. The molecule has 6 heteroatoms. The molecule has 2 fully saturated rings. The Hall–Kier alpha value is -1.73. The van der Waals surface area contributed by atoms with Gasteiger partial charge in [0.05, 0.1) is 6.61 Å². The maximum Gasteiger partial charge on any atom is 0.338 e. The first-order valence-electron chi connectivity index (χ1n) is 6.72. The summed E-state index contributed by atoms with van der Waals surface area (Å²) in [5, 5.41) is 19.1. The molecule has 1 unspecified atom stereocenters. The largest absolute Gasteiger partial charge is 0.455 e. The number of carbonyl (C=O) groups is 1. The lowest BCUT2D eigenvalue weighted by Gasteiger charge is -2.35. The van der Waals surface area contributed by atoms with Gasteiger partial charge < -0.3 is 24.4 Å². The Labute approximate surface area is 121 Å². The van der Waals surface area contributed by atoms with E-state index in [-0.39, 0.29) is 6.61 Å². The molecule has 2 aliphatic rings. The standard InChI is InChI=1S/C15H16O6/c16-8-10-13-14(12(17)15(18)21-13)20-11(19-10)7-6-9-4-2-1-3-5-9/h1-7,10-14,16-17H,8H2/t10-,11?,12-,13+,14+/m0/s1. The zero-order valence-electron chi connectivity index (χ0n) is 11.2. The van der Waals surface area contributed by atoms with Crippen LogP contribution in [0.25, 0.3) is 6.08 Å². The van der Waals surface area contributed by atoms with Crippen molar-refractivity contribution in [3.05, 3.63) is 42.0 Å². The van der Waals surface area contributed by atoms with Crippen molar-refractivity contribution in [2.75, 3.05) is 6.61 Å². The van der Waals surface area contributed by atoms with Crippen molar-refractivity contribution in [1.82, 2.24) is 0 Å². The van der Waals surface area contributed by atoms with Crippen LogP contribution in [0.1, 0.15) is 5.56 Å². The molecule has 6 nitrogen and oxygen atoms in total. The molecule has 0 aliphatic carbocycles. The molecule has 0 saturated carbocycles. The van der Waals surface area contributed by atoms with Crippen LogP contribution in [0.3, 0.4) is 0 Å². The van der Waals surface area contributed by atoms with Gasteiger partial charge in [0.1, 0.15) is 12.2 Å². The average Bonchev–Trinajstić information content (AvgIpc) is 2.81. The van der Waals surface area contributed by atoms with Gasteiger partial charge in [-0.15, -0.1) is 0 Å². The summed E-state index contributed by atoms with van der Waals surface area (Å²) in [5.41, 5.74) is 0.965. The second-order valence-corrected chi connectivity index (χ2v) is 4.94. The van der Waals surface area contributed by atoms with E-state index in [9.17, 15) is 15.0 Å². The highest BCUT2D eigenvalue weighted by molar-refractivity contribution is 5.78. The van der Waals surface area contributed by atoms with E-state index in [1.54, 1.807) is 6.08 Å². The molecular weight excluding hydrogens is 276 g/mol. The van der Waals surface area contributed by atoms with E-state index < -0.39 is 36.7 Å². The Morgan fingerprint density at radius 2 is 1.90 bits per heavy atom. The van der Waals surface area contributed by atoms with Crippen LogP contribution in [-0.4, -0.2) is 53.5 Å². The van der Waals surface area contributed by atoms with Crippen LogP contribution in [0.5, 0.6) is 0 Å². The van der Waals surface area contributed by atoms with Gasteiger partial charge in [-0.3, -0.25) is 0 Å². The molecular formula is C15H16O6. The second-order valence-electron chi connectivity index (χ2n) is 4.94. The first kappa shape index (κ1) is 14.2. The van der Waals surface area contributed by atoms with Gasteiger partial charge in [0.15, 0.2) is 18.5 Å². The zero-order valence-corrected chi connectivity index (χ0v) is 11.2. The normalized spacial score (nSPS) is 35.7. The average molecular weight is 292 g/mol. The molecule has 1 aromatic rings. The molecule has 3 rings (SSSR count). The number of fused-ring (bicyclic) bond motifs is 1. The quantitative estimate of drug-likeness (QED) is 0.768. The van der Waals surface area contributed by atoms with E-state index >= 15 is 0 Å². The van der Waals surface area contributed by atoms with Gasteiger partial charge in [-0.1, -0.05) is 36.4 Å². The second kappa shape index (κ2) is 5.95. The molecule has 2 aliphatic heterocycles. The predicted octanol–water partition coefficient (Wildman–Crippen LogP) is 0.0885. The van der Waals surface area contributed by atoms with Crippen molar-refractivity contribution in [3.63, 3.8) is 0 Å². The number of aliphatic hydroxyl groups excluding tert-OH is 2. The SMILES string of the molecule is O=C1O[C@H]2[C@H](OC(C=Cc3ccccc3)O[C@H]2CO)[C@@H]1O. The fourth-order valence-corrected chi connectivity index (χ4v) is 2.45. The number of ether oxygens (including phenoxy) is 3. The van der Waals surface area contributed by atoms with E-state index in [4.69, 9.17) is 14.2 Å². The number of rotatable bonds is 3. The first-order chi connectivity index (χ1) is 10.2. The third-order valence-corrected chi connectivity index (χ3v) is 3.52. The highest BCUT2D eigenvalue weighted by Gasteiger charge is 2.52. The van der Waals surface area contributed by atoms with E-state index in [0.29, 0.717) is 0 Å². The van der Waals surface area contributed by atoms with Crippen LogP contribution >= 0.6 is 0 Å². The van der Waals surface area contributed by atoms with Crippen molar-refractivity contribution in [2.24, 2.45) is 0 Å². The van der Waals surface area contributed by atoms with E-state index in [1.165, 1.54) is 0 Å². The summed E-state index contributed by atoms with van der Waals surface area (Å²) in [4.78, 5) is 11.4. The first-order valence-corrected chi connectivity index (χ1v) is 6.72. The molecule has 1 aromatic carbocycles. The Morgan fingerprint density at radius 1 is 1.14 bits per heavy atom. The minimum atomic E-state index is -1.35. The molecule has 0 bridgehead atoms. The Morgan fingerprint density at radius 3 is 2.62 bits per heavy atom. The summed E-state index contributed by atoms with van der Waals surface area (Å²) in [7, 11) is 0. The summed E-state index contributed by atoms with van der Waals surface area (Å²) in [5.74, 6) is -0.750. The van der Waals surface area contributed by atoms with Gasteiger partial charge in [0.2, 0.25) is 0 Å². The Kier molecular flexibility index (Phi) is 4.03. The van der Waals surface area contributed by atoms with Gasteiger partial charge in [-0.05, 0) is 11.6 Å².